The predicted molar refractivity (Wildman–Crippen MR) is 164 cm³/mol. The first-order valence-corrected chi connectivity index (χ1v) is 17.3. The van der Waals surface area contributed by atoms with Gasteiger partial charge in [-0.2, -0.15) is 0 Å². The van der Waals surface area contributed by atoms with Gasteiger partial charge < -0.3 is 27.2 Å². The van der Waals surface area contributed by atoms with E-state index < -0.39 is 5.91 Å². The van der Waals surface area contributed by atoms with Crippen molar-refractivity contribution < 1.29 is 32.1 Å². The number of unbranched alkanes of at least 4 members (excludes halogenated alkanes) is 26. The molecule has 4 heteroatoms. The molecule has 0 saturated heterocycles. The zero-order valence-electron chi connectivity index (χ0n) is 26.5. The molecule has 0 aromatic rings. The summed E-state index contributed by atoms with van der Waals surface area (Å²) in [6.45, 7) is 7.92. The van der Waals surface area contributed by atoms with E-state index in [0.717, 1.165) is 30.8 Å². The summed E-state index contributed by atoms with van der Waals surface area (Å²) >= 11 is 0. The summed E-state index contributed by atoms with van der Waals surface area (Å²) in [6.07, 6.45) is 38.2. The summed E-state index contributed by atoms with van der Waals surface area (Å²) in [7, 11) is 0. The molecule has 3 N–H and O–H groups in total. The quantitative estimate of drug-likeness (QED) is 0.0624. The molecule has 0 aliphatic carbocycles. The maximum absolute atomic E-state index is 10.2. The molecule has 0 saturated carbocycles. The highest BCUT2D eigenvalue weighted by Gasteiger charge is 2.29. The van der Waals surface area contributed by atoms with E-state index in [1.165, 1.54) is 167 Å². The van der Waals surface area contributed by atoms with E-state index in [9.17, 15) is 10.2 Å². The third kappa shape index (κ3) is 30.9. The van der Waals surface area contributed by atoms with E-state index in [1.54, 1.807) is 6.92 Å². The van der Waals surface area contributed by atoms with Gasteiger partial charge in [-0.15, -0.1) is 0 Å². The van der Waals surface area contributed by atoms with Gasteiger partial charge in [-0.1, -0.05) is 168 Å². The molecule has 0 amide bonds. The van der Waals surface area contributed by atoms with Crippen LogP contribution in [0, 0.1) is 0 Å². The highest BCUT2D eigenvalue weighted by Crippen LogP contribution is 2.14. The second-order valence-electron chi connectivity index (χ2n) is 12.3. The molecule has 0 bridgehead atoms. The second-order valence-corrected chi connectivity index (χ2v) is 12.3. The number of nitrogens with one attached hydrogen (secondary N) is 1. The normalized spacial score (nSPS) is 11.8. The zero-order valence-corrected chi connectivity index (χ0v) is 28.1. The largest absolute Gasteiger partial charge is 1.00 e. The van der Waals surface area contributed by atoms with Crippen LogP contribution >= 0.6 is 0 Å². The van der Waals surface area contributed by atoms with Crippen molar-refractivity contribution >= 4 is 0 Å². The van der Waals surface area contributed by atoms with Gasteiger partial charge in [-0.3, -0.25) is 4.90 Å². The van der Waals surface area contributed by atoms with Crippen molar-refractivity contribution in [2.24, 2.45) is 0 Å². The molecule has 0 atom stereocenters. The fourth-order valence-corrected chi connectivity index (χ4v) is 5.66. The van der Waals surface area contributed by atoms with E-state index in [2.05, 4.69) is 13.8 Å². The Morgan fingerprint density at radius 3 is 0.737 bits per heavy atom. The SMILES string of the molecule is CCCCCCCCCCCCCCCC[NH+](CCCCCCCCCCCCCCCC)C(C)(O)O.[Br-]. The van der Waals surface area contributed by atoms with E-state index in [0.29, 0.717) is 0 Å². The molecule has 38 heavy (non-hydrogen) atoms. The van der Waals surface area contributed by atoms with Crippen LogP contribution in [0.2, 0.25) is 0 Å². The average molecular weight is 607 g/mol. The van der Waals surface area contributed by atoms with Crippen LogP contribution in [0.3, 0.4) is 0 Å². The van der Waals surface area contributed by atoms with Gasteiger partial charge in [0.2, 0.25) is 0 Å². The van der Waals surface area contributed by atoms with Crippen LogP contribution in [-0.2, 0) is 0 Å². The molecule has 232 valence electrons. The van der Waals surface area contributed by atoms with Crippen molar-refractivity contribution in [2.45, 2.75) is 206 Å². The van der Waals surface area contributed by atoms with Crippen LogP contribution in [0.25, 0.3) is 0 Å². The number of halogens is 1. The van der Waals surface area contributed by atoms with Crippen LogP contribution in [-0.4, -0.2) is 29.2 Å². The fraction of sp³-hybridized carbons (Fsp3) is 1.00. The summed E-state index contributed by atoms with van der Waals surface area (Å²) in [5.74, 6) is -1.59. The molecule has 0 rings (SSSR count). The summed E-state index contributed by atoms with van der Waals surface area (Å²) in [4.78, 5) is 0.963. The molecule has 0 aromatic heterocycles. The van der Waals surface area contributed by atoms with Gasteiger partial charge in [0, 0.05) is 6.92 Å². The Morgan fingerprint density at radius 2 is 0.553 bits per heavy atom. The van der Waals surface area contributed by atoms with Gasteiger partial charge in [0.25, 0.3) is 0 Å². The topological polar surface area (TPSA) is 44.9 Å². The van der Waals surface area contributed by atoms with Crippen molar-refractivity contribution in [3.8, 4) is 0 Å². The van der Waals surface area contributed by atoms with Crippen molar-refractivity contribution in [3.05, 3.63) is 0 Å². The number of quaternary nitrogens is 1. The molecular weight excluding hydrogens is 534 g/mol. The van der Waals surface area contributed by atoms with Gasteiger partial charge >= 0.3 is 5.91 Å². The maximum atomic E-state index is 10.2. The molecule has 0 heterocycles. The van der Waals surface area contributed by atoms with Crippen LogP contribution in [0.15, 0.2) is 0 Å². The van der Waals surface area contributed by atoms with Crippen molar-refractivity contribution in [1.82, 2.24) is 0 Å². The minimum atomic E-state index is -1.59. The zero-order chi connectivity index (χ0) is 27.3. The molecule has 0 spiro atoms. The summed E-state index contributed by atoms with van der Waals surface area (Å²) < 4.78 is 0. The lowest BCUT2D eigenvalue weighted by atomic mass is 10.0. The molecule has 0 aromatic carbocycles. The molecule has 3 nitrogen and oxygen atoms in total. The first-order valence-electron chi connectivity index (χ1n) is 17.3. The lowest BCUT2D eigenvalue weighted by Gasteiger charge is -2.28. The lowest BCUT2D eigenvalue weighted by Crippen LogP contribution is -3.20. The van der Waals surface area contributed by atoms with Crippen LogP contribution < -0.4 is 21.9 Å². The Labute approximate surface area is 251 Å². The minimum absolute atomic E-state index is 0. The number of rotatable bonds is 31. The Bertz CT molecular complexity index is 395. The Kier molecular flexibility index (Phi) is 34.0. The van der Waals surface area contributed by atoms with Gasteiger partial charge in [-0.25, -0.2) is 0 Å². The van der Waals surface area contributed by atoms with Gasteiger partial charge in [-0.05, 0) is 25.7 Å². The third-order valence-electron chi connectivity index (χ3n) is 8.33. The second kappa shape index (κ2) is 31.9. The van der Waals surface area contributed by atoms with E-state index in [1.807, 2.05) is 0 Å². The Hall–Kier alpha value is 0.360. The summed E-state index contributed by atoms with van der Waals surface area (Å²) in [5.41, 5.74) is 0. The molecule has 0 fully saturated rings. The third-order valence-corrected chi connectivity index (χ3v) is 8.33. The Balaban J connectivity index is 0. The molecule has 0 radical (unpaired) electrons. The maximum Gasteiger partial charge on any atom is 0.309 e. The number of hydrogen-bond acceptors (Lipinski definition) is 2. The van der Waals surface area contributed by atoms with E-state index in [-0.39, 0.29) is 17.0 Å². The Morgan fingerprint density at radius 1 is 0.368 bits per heavy atom. The monoisotopic (exact) mass is 605 g/mol. The smallest absolute Gasteiger partial charge is 0.309 e. The van der Waals surface area contributed by atoms with Gasteiger partial charge in [0.1, 0.15) is 0 Å². The lowest BCUT2D eigenvalue weighted by molar-refractivity contribution is -1.00. The fourth-order valence-electron chi connectivity index (χ4n) is 5.66. The van der Waals surface area contributed by atoms with Crippen LogP contribution in [0.5, 0.6) is 0 Å². The first kappa shape index (κ1) is 40.5. The highest BCUT2D eigenvalue weighted by atomic mass is 79.9. The first-order chi connectivity index (χ1) is 18.0. The van der Waals surface area contributed by atoms with Crippen LogP contribution in [0.4, 0.5) is 0 Å². The van der Waals surface area contributed by atoms with Gasteiger partial charge in [0.05, 0.1) is 13.1 Å². The van der Waals surface area contributed by atoms with Crippen LogP contribution in [0.1, 0.15) is 201 Å². The van der Waals surface area contributed by atoms with E-state index >= 15 is 0 Å². The summed E-state index contributed by atoms with van der Waals surface area (Å²) in [5, 5.41) is 20.4. The number of aliphatic hydroxyl groups is 2. The molecular formula is C34H72BrNO2. The highest BCUT2D eigenvalue weighted by molar-refractivity contribution is 4.51. The predicted octanol–water partition coefficient (Wildman–Crippen LogP) is 6.50. The average Bonchev–Trinajstić information content (AvgIpc) is 2.87. The van der Waals surface area contributed by atoms with Gasteiger partial charge in [0.15, 0.2) is 0 Å². The van der Waals surface area contributed by atoms with Crippen molar-refractivity contribution in [2.75, 3.05) is 13.1 Å². The van der Waals surface area contributed by atoms with Crippen molar-refractivity contribution in [3.63, 3.8) is 0 Å². The van der Waals surface area contributed by atoms with E-state index in [4.69, 9.17) is 0 Å². The minimum Gasteiger partial charge on any atom is -1.00 e. The number of hydrogen-bond donors (Lipinski definition) is 3. The van der Waals surface area contributed by atoms with Crippen molar-refractivity contribution in [1.29, 1.82) is 0 Å². The molecule has 0 unspecified atom stereocenters. The molecule has 0 aliphatic rings. The summed E-state index contributed by atoms with van der Waals surface area (Å²) in [6, 6.07) is 0. The molecule has 0 aliphatic heterocycles. The standard InChI is InChI=1S/C34H71NO2.BrH/c1-4-6-8-10-12-14-16-18-20-22-24-26-28-30-32-35(34(3,36)37)33-31-29-27-25-23-21-19-17-15-13-11-9-7-5-2;/h36-37H,4-33H2,1-3H3;1H.